The van der Waals surface area contributed by atoms with Crippen LogP contribution in [0.3, 0.4) is 0 Å². The van der Waals surface area contributed by atoms with Crippen molar-refractivity contribution in [1.82, 2.24) is 15.3 Å². The molecular weight excluding hydrogens is 484 g/mol. The van der Waals surface area contributed by atoms with Gasteiger partial charge < -0.3 is 10.3 Å². The van der Waals surface area contributed by atoms with Crippen LogP contribution >= 0.6 is 0 Å². The first-order valence-corrected chi connectivity index (χ1v) is 11.9. The first-order valence-electron chi connectivity index (χ1n) is 11.9. The van der Waals surface area contributed by atoms with Gasteiger partial charge in [-0.1, -0.05) is 55.1 Å². The maximum Gasteiger partial charge on any atom is 0.270 e. The average Bonchev–Trinajstić information content (AvgIpc) is 2.90. The van der Waals surface area contributed by atoms with Crippen molar-refractivity contribution in [3.05, 3.63) is 137 Å². The normalized spacial score (nSPS) is 12.1. The SMILES string of the molecule is C=N/C=C\N(Nc1ccc(C(=C)NCc2ccc(C(C)(F)F)cc2)cc1)/C(=C\C=C/C)c1cc[nH]c(=O)c1. The summed E-state index contributed by atoms with van der Waals surface area (Å²) in [5.41, 5.74) is 7.74. The third-order valence-corrected chi connectivity index (χ3v) is 5.55. The summed E-state index contributed by atoms with van der Waals surface area (Å²) < 4.78 is 26.9. The molecule has 0 unspecified atom stereocenters. The highest BCUT2D eigenvalue weighted by atomic mass is 19.3. The van der Waals surface area contributed by atoms with Gasteiger partial charge in [0.05, 0.1) is 11.4 Å². The Balaban J connectivity index is 1.73. The first-order chi connectivity index (χ1) is 18.2. The fraction of sp³-hybridized carbons (Fsp3) is 0.133. The number of aromatic amines is 1. The van der Waals surface area contributed by atoms with E-state index in [0.29, 0.717) is 17.8 Å². The van der Waals surface area contributed by atoms with Crippen molar-refractivity contribution in [2.75, 3.05) is 5.43 Å². The summed E-state index contributed by atoms with van der Waals surface area (Å²) in [5, 5.41) is 4.98. The second-order valence-corrected chi connectivity index (χ2v) is 8.48. The van der Waals surface area contributed by atoms with Crippen molar-refractivity contribution in [3.8, 4) is 0 Å². The molecule has 38 heavy (non-hydrogen) atoms. The predicted octanol–water partition coefficient (Wildman–Crippen LogP) is 6.67. The molecule has 0 aliphatic carbocycles. The van der Waals surface area contributed by atoms with Crippen LogP contribution in [-0.4, -0.2) is 16.7 Å². The molecule has 0 spiro atoms. The number of aliphatic imine (C=N–C) groups is 1. The maximum atomic E-state index is 13.4. The number of anilines is 1. The number of H-pyrrole nitrogens is 1. The minimum atomic E-state index is -2.86. The zero-order valence-corrected chi connectivity index (χ0v) is 21.4. The molecular formula is C30H31F2N5O. The van der Waals surface area contributed by atoms with Crippen molar-refractivity contribution in [2.45, 2.75) is 26.3 Å². The van der Waals surface area contributed by atoms with E-state index in [2.05, 4.69) is 34.0 Å². The van der Waals surface area contributed by atoms with E-state index in [4.69, 9.17) is 0 Å². The topological polar surface area (TPSA) is 72.5 Å². The smallest absolute Gasteiger partial charge is 0.270 e. The Bertz CT molecular complexity index is 1380. The van der Waals surface area contributed by atoms with E-state index in [0.717, 1.165) is 29.4 Å². The van der Waals surface area contributed by atoms with Gasteiger partial charge in [0.25, 0.3) is 5.92 Å². The largest absolute Gasteiger partial charge is 0.381 e. The fourth-order valence-electron chi connectivity index (χ4n) is 3.51. The quantitative estimate of drug-likeness (QED) is 0.143. The number of halogens is 2. The summed E-state index contributed by atoms with van der Waals surface area (Å²) in [6, 6.07) is 17.2. The van der Waals surface area contributed by atoms with E-state index < -0.39 is 5.92 Å². The lowest BCUT2D eigenvalue weighted by Crippen LogP contribution is -2.23. The molecule has 0 amide bonds. The maximum absolute atomic E-state index is 13.4. The number of hydrazine groups is 1. The van der Waals surface area contributed by atoms with Crippen LogP contribution in [0.5, 0.6) is 0 Å². The number of pyridine rings is 1. The van der Waals surface area contributed by atoms with Crippen molar-refractivity contribution >= 4 is 23.8 Å². The molecule has 3 aromatic rings. The molecule has 8 heteroatoms. The average molecular weight is 516 g/mol. The highest BCUT2D eigenvalue weighted by molar-refractivity contribution is 5.69. The minimum Gasteiger partial charge on any atom is -0.381 e. The number of benzene rings is 2. The Morgan fingerprint density at radius 1 is 1.11 bits per heavy atom. The number of aromatic nitrogens is 1. The van der Waals surface area contributed by atoms with Gasteiger partial charge in [0.1, 0.15) is 0 Å². The van der Waals surface area contributed by atoms with Gasteiger partial charge >= 0.3 is 0 Å². The zero-order chi connectivity index (χ0) is 27.5. The van der Waals surface area contributed by atoms with E-state index in [1.54, 1.807) is 35.6 Å². The van der Waals surface area contributed by atoms with E-state index in [1.807, 2.05) is 49.4 Å². The number of hydrogen-bond donors (Lipinski definition) is 3. The van der Waals surface area contributed by atoms with Crippen LogP contribution in [0.1, 0.15) is 36.1 Å². The van der Waals surface area contributed by atoms with Crippen molar-refractivity contribution in [2.24, 2.45) is 4.99 Å². The Morgan fingerprint density at radius 3 is 2.42 bits per heavy atom. The molecule has 2 aromatic carbocycles. The van der Waals surface area contributed by atoms with Gasteiger partial charge in [-0.15, -0.1) is 0 Å². The molecule has 0 saturated heterocycles. The molecule has 0 saturated carbocycles. The van der Waals surface area contributed by atoms with Crippen molar-refractivity contribution in [1.29, 1.82) is 0 Å². The van der Waals surface area contributed by atoms with Gasteiger partial charge in [0, 0.05) is 55.0 Å². The summed E-state index contributed by atoms with van der Waals surface area (Å²) >= 11 is 0. The number of hydrogen-bond acceptors (Lipinski definition) is 5. The highest BCUT2D eigenvalue weighted by Gasteiger charge is 2.23. The van der Waals surface area contributed by atoms with Gasteiger partial charge in [-0.2, -0.15) is 0 Å². The van der Waals surface area contributed by atoms with E-state index in [-0.39, 0.29) is 11.1 Å². The lowest BCUT2D eigenvalue weighted by molar-refractivity contribution is 0.0174. The Labute approximate surface area is 221 Å². The summed E-state index contributed by atoms with van der Waals surface area (Å²) in [5.74, 6) is -2.86. The second kappa shape index (κ2) is 13.0. The van der Waals surface area contributed by atoms with Gasteiger partial charge in [0.2, 0.25) is 5.56 Å². The fourth-order valence-corrected chi connectivity index (χ4v) is 3.51. The third-order valence-electron chi connectivity index (χ3n) is 5.55. The van der Waals surface area contributed by atoms with Crippen LogP contribution in [0, 0.1) is 0 Å². The third kappa shape index (κ3) is 7.89. The molecule has 196 valence electrons. The zero-order valence-electron chi connectivity index (χ0n) is 21.4. The van der Waals surface area contributed by atoms with E-state index >= 15 is 0 Å². The molecule has 1 aromatic heterocycles. The second-order valence-electron chi connectivity index (χ2n) is 8.48. The van der Waals surface area contributed by atoms with Gasteiger partial charge in [0.15, 0.2) is 0 Å². The first kappa shape index (κ1) is 27.9. The number of nitrogens with one attached hydrogen (secondary N) is 3. The summed E-state index contributed by atoms with van der Waals surface area (Å²) in [7, 11) is 0. The van der Waals surface area contributed by atoms with Crippen LogP contribution in [0.4, 0.5) is 14.5 Å². The van der Waals surface area contributed by atoms with Crippen LogP contribution in [0.25, 0.3) is 11.4 Å². The molecule has 0 atom stereocenters. The minimum absolute atomic E-state index is 0.0151. The van der Waals surface area contributed by atoms with Gasteiger partial charge in [-0.3, -0.25) is 20.2 Å². The molecule has 0 radical (unpaired) electrons. The van der Waals surface area contributed by atoms with E-state index in [9.17, 15) is 13.6 Å². The molecule has 0 bridgehead atoms. The lowest BCUT2D eigenvalue weighted by atomic mass is 10.1. The molecule has 1 heterocycles. The van der Waals surface area contributed by atoms with Crippen LogP contribution in [0.15, 0.2) is 114 Å². The Kier molecular flexibility index (Phi) is 9.54. The van der Waals surface area contributed by atoms with E-state index in [1.165, 1.54) is 24.4 Å². The summed E-state index contributed by atoms with van der Waals surface area (Å²) in [6.45, 7) is 10.8. The van der Waals surface area contributed by atoms with Crippen LogP contribution in [-0.2, 0) is 12.5 Å². The predicted molar refractivity (Wildman–Crippen MR) is 152 cm³/mol. The van der Waals surface area contributed by atoms with Gasteiger partial charge in [-0.05, 0) is 49.0 Å². The van der Waals surface area contributed by atoms with Crippen LogP contribution < -0.4 is 16.3 Å². The number of allylic oxidation sites excluding steroid dienone is 3. The summed E-state index contributed by atoms with van der Waals surface area (Å²) in [4.78, 5) is 18.4. The molecule has 0 aliphatic rings. The standard InChI is InChI=1S/C30H31F2N5O/c1-5-6-7-28(25-16-17-34-29(38)20-25)37(19-18-33-4)36-27-14-10-24(11-15-27)22(2)35-21-23-8-12-26(13-9-23)30(3,31)32/h5-20,35-36H,2,4,21H2,1,3H3,(H,34,38)/b6-5-,19-18-,28-7-. The van der Waals surface area contributed by atoms with Crippen molar-refractivity contribution < 1.29 is 8.78 Å². The Hall–Kier alpha value is -4.72. The molecule has 3 rings (SSSR count). The molecule has 3 N–H and O–H groups in total. The number of alkyl halides is 2. The molecule has 6 nitrogen and oxygen atoms in total. The van der Waals surface area contributed by atoms with Crippen LogP contribution in [0.2, 0.25) is 0 Å². The van der Waals surface area contributed by atoms with Gasteiger partial charge in [-0.25, -0.2) is 8.78 Å². The monoisotopic (exact) mass is 515 g/mol. The Morgan fingerprint density at radius 2 is 1.82 bits per heavy atom. The number of rotatable bonds is 12. The summed E-state index contributed by atoms with van der Waals surface area (Å²) in [6.07, 6.45) is 10.5. The molecule has 0 fully saturated rings. The molecule has 0 aliphatic heterocycles. The lowest BCUT2D eigenvalue weighted by Gasteiger charge is -2.25. The highest BCUT2D eigenvalue weighted by Crippen LogP contribution is 2.27. The number of nitrogens with zero attached hydrogens (tertiary/aromatic N) is 2. The van der Waals surface area contributed by atoms with Crippen molar-refractivity contribution in [3.63, 3.8) is 0 Å².